The van der Waals surface area contributed by atoms with Gasteiger partial charge in [-0.1, -0.05) is 18.2 Å². The average Bonchev–Trinajstić information content (AvgIpc) is 2.99. The highest BCUT2D eigenvalue weighted by molar-refractivity contribution is 6.03. The van der Waals surface area contributed by atoms with Gasteiger partial charge >= 0.3 is 6.18 Å². The topological polar surface area (TPSA) is 49.4 Å². The number of carbonyl (C=O) groups excluding carboxylic acids is 2. The maximum absolute atomic E-state index is 12.8. The molecule has 0 aliphatic carbocycles. The van der Waals surface area contributed by atoms with Crippen LogP contribution in [-0.2, 0) is 15.8 Å². The van der Waals surface area contributed by atoms with Crippen molar-refractivity contribution >= 4 is 23.2 Å². The molecule has 2 amide bonds. The summed E-state index contributed by atoms with van der Waals surface area (Å²) in [5.41, 5.74) is 1.99. The van der Waals surface area contributed by atoms with Crippen LogP contribution in [0.15, 0.2) is 42.5 Å². The van der Waals surface area contributed by atoms with Crippen LogP contribution < -0.4 is 10.2 Å². The lowest BCUT2D eigenvalue weighted by molar-refractivity contribution is -0.137. The monoisotopic (exact) mass is 376 g/mol. The van der Waals surface area contributed by atoms with Crippen LogP contribution in [0, 0.1) is 19.8 Å². The Morgan fingerprint density at radius 2 is 1.85 bits per heavy atom. The average molecular weight is 376 g/mol. The molecule has 0 spiro atoms. The van der Waals surface area contributed by atoms with Crippen molar-refractivity contribution in [3.63, 3.8) is 0 Å². The summed E-state index contributed by atoms with van der Waals surface area (Å²) in [5, 5.41) is 2.50. The number of halogens is 3. The van der Waals surface area contributed by atoms with Crippen LogP contribution in [0.5, 0.6) is 0 Å². The highest BCUT2D eigenvalue weighted by Gasteiger charge is 2.36. The first-order chi connectivity index (χ1) is 12.7. The Bertz CT molecular complexity index is 893. The van der Waals surface area contributed by atoms with Crippen molar-refractivity contribution in [2.24, 2.45) is 5.92 Å². The highest BCUT2D eigenvalue weighted by atomic mass is 19.4. The van der Waals surface area contributed by atoms with E-state index in [2.05, 4.69) is 5.32 Å². The van der Waals surface area contributed by atoms with Gasteiger partial charge in [-0.3, -0.25) is 9.59 Å². The van der Waals surface area contributed by atoms with E-state index in [4.69, 9.17) is 0 Å². The van der Waals surface area contributed by atoms with Crippen molar-refractivity contribution in [3.8, 4) is 0 Å². The summed E-state index contributed by atoms with van der Waals surface area (Å²) in [6.45, 7) is 4.05. The normalized spacial score (nSPS) is 17.3. The van der Waals surface area contributed by atoms with E-state index in [0.717, 1.165) is 28.9 Å². The number of carbonyl (C=O) groups is 2. The van der Waals surface area contributed by atoms with Gasteiger partial charge in [-0.25, -0.2) is 0 Å². The number of hydrogen-bond acceptors (Lipinski definition) is 2. The fourth-order valence-corrected chi connectivity index (χ4v) is 3.16. The molecule has 0 saturated carbocycles. The minimum atomic E-state index is -4.48. The molecule has 4 nitrogen and oxygen atoms in total. The number of benzene rings is 2. The van der Waals surface area contributed by atoms with Crippen LogP contribution in [0.2, 0.25) is 0 Å². The molecule has 2 aromatic rings. The summed E-state index contributed by atoms with van der Waals surface area (Å²) < 4.78 is 38.4. The van der Waals surface area contributed by atoms with Crippen LogP contribution in [-0.4, -0.2) is 18.4 Å². The summed E-state index contributed by atoms with van der Waals surface area (Å²) in [6.07, 6.45) is -4.46. The lowest BCUT2D eigenvalue weighted by atomic mass is 10.1. The molecule has 0 radical (unpaired) electrons. The van der Waals surface area contributed by atoms with Gasteiger partial charge in [-0.05, 0) is 49.2 Å². The predicted molar refractivity (Wildman–Crippen MR) is 96.4 cm³/mol. The molecule has 1 N–H and O–H groups in total. The largest absolute Gasteiger partial charge is 0.416 e. The molecule has 1 fully saturated rings. The van der Waals surface area contributed by atoms with Crippen molar-refractivity contribution < 1.29 is 22.8 Å². The van der Waals surface area contributed by atoms with Crippen molar-refractivity contribution in [1.82, 2.24) is 0 Å². The fourth-order valence-electron chi connectivity index (χ4n) is 3.16. The van der Waals surface area contributed by atoms with E-state index >= 15 is 0 Å². The second-order valence-corrected chi connectivity index (χ2v) is 6.69. The van der Waals surface area contributed by atoms with Crippen LogP contribution >= 0.6 is 0 Å². The fraction of sp³-hybridized carbons (Fsp3) is 0.300. The number of nitrogens with one attached hydrogen (secondary N) is 1. The molecular weight excluding hydrogens is 357 g/mol. The number of amides is 2. The number of anilines is 2. The zero-order chi connectivity index (χ0) is 19.8. The lowest BCUT2D eigenvalue weighted by Gasteiger charge is -2.20. The molecule has 1 atom stereocenters. The van der Waals surface area contributed by atoms with Crippen molar-refractivity contribution in [3.05, 3.63) is 59.2 Å². The van der Waals surface area contributed by atoms with Crippen LogP contribution in [0.4, 0.5) is 24.5 Å². The van der Waals surface area contributed by atoms with Crippen LogP contribution in [0.25, 0.3) is 0 Å². The minimum absolute atomic E-state index is 0.0260. The van der Waals surface area contributed by atoms with Crippen molar-refractivity contribution in [2.45, 2.75) is 26.4 Å². The van der Waals surface area contributed by atoms with E-state index in [-0.39, 0.29) is 24.6 Å². The summed E-state index contributed by atoms with van der Waals surface area (Å²) in [7, 11) is 0. The van der Waals surface area contributed by atoms with E-state index in [9.17, 15) is 22.8 Å². The third kappa shape index (κ3) is 3.97. The minimum Gasteiger partial charge on any atom is -0.326 e. The summed E-state index contributed by atoms with van der Waals surface area (Å²) >= 11 is 0. The van der Waals surface area contributed by atoms with Gasteiger partial charge in [0.05, 0.1) is 11.5 Å². The zero-order valence-electron chi connectivity index (χ0n) is 14.9. The van der Waals surface area contributed by atoms with Gasteiger partial charge in [0.1, 0.15) is 0 Å². The molecule has 1 aliphatic heterocycles. The number of aryl methyl sites for hydroxylation is 1. The number of hydrogen-bond donors (Lipinski definition) is 1. The van der Waals surface area contributed by atoms with E-state index in [0.29, 0.717) is 0 Å². The Labute approximate surface area is 155 Å². The molecule has 3 rings (SSSR count). The van der Waals surface area contributed by atoms with E-state index in [1.165, 1.54) is 12.1 Å². The van der Waals surface area contributed by atoms with Gasteiger partial charge in [0, 0.05) is 24.3 Å². The lowest BCUT2D eigenvalue weighted by Crippen LogP contribution is -2.28. The van der Waals surface area contributed by atoms with Gasteiger partial charge in [-0.2, -0.15) is 13.2 Å². The Morgan fingerprint density at radius 1 is 1.15 bits per heavy atom. The Kier molecular flexibility index (Phi) is 4.95. The quantitative estimate of drug-likeness (QED) is 0.868. The Morgan fingerprint density at radius 3 is 2.56 bits per heavy atom. The highest BCUT2D eigenvalue weighted by Crippen LogP contribution is 2.32. The molecule has 0 aromatic heterocycles. The Hall–Kier alpha value is -2.83. The van der Waals surface area contributed by atoms with Gasteiger partial charge in [-0.15, -0.1) is 0 Å². The van der Waals surface area contributed by atoms with Crippen molar-refractivity contribution in [1.29, 1.82) is 0 Å². The van der Waals surface area contributed by atoms with Gasteiger partial charge in [0.2, 0.25) is 11.8 Å². The van der Waals surface area contributed by atoms with Crippen LogP contribution in [0.3, 0.4) is 0 Å². The number of nitrogens with zero attached hydrogens (tertiary/aromatic N) is 1. The molecule has 1 heterocycles. The third-order valence-electron chi connectivity index (χ3n) is 4.82. The number of alkyl halides is 3. The summed E-state index contributed by atoms with van der Waals surface area (Å²) in [6, 6.07) is 10.1. The first-order valence-corrected chi connectivity index (χ1v) is 8.51. The zero-order valence-corrected chi connectivity index (χ0v) is 14.9. The van der Waals surface area contributed by atoms with E-state index in [1.807, 2.05) is 32.0 Å². The SMILES string of the molecule is Cc1cccc(N2C[C@H](C(=O)Nc3cccc(C(F)(F)F)c3)CC2=O)c1C. The molecule has 7 heteroatoms. The molecule has 27 heavy (non-hydrogen) atoms. The molecule has 0 bridgehead atoms. The van der Waals surface area contributed by atoms with E-state index < -0.39 is 23.6 Å². The molecule has 142 valence electrons. The molecule has 1 aliphatic rings. The standard InChI is InChI=1S/C20H19F3N2O2/c1-12-5-3-8-17(13(12)2)25-11-14(9-18(25)26)19(27)24-16-7-4-6-15(10-16)20(21,22)23/h3-8,10,14H,9,11H2,1-2H3,(H,24,27)/t14-/m1/s1. The van der Waals surface area contributed by atoms with Gasteiger partial charge < -0.3 is 10.2 Å². The number of rotatable bonds is 3. The Balaban J connectivity index is 1.74. The van der Waals surface area contributed by atoms with Gasteiger partial charge in [0.25, 0.3) is 0 Å². The molecular formula is C20H19F3N2O2. The smallest absolute Gasteiger partial charge is 0.326 e. The molecule has 0 unspecified atom stereocenters. The molecule has 2 aromatic carbocycles. The summed E-state index contributed by atoms with van der Waals surface area (Å²) in [4.78, 5) is 26.4. The second kappa shape index (κ2) is 7.06. The van der Waals surface area contributed by atoms with Gasteiger partial charge in [0.15, 0.2) is 0 Å². The molecule has 1 saturated heterocycles. The maximum Gasteiger partial charge on any atom is 0.416 e. The first-order valence-electron chi connectivity index (χ1n) is 8.51. The summed E-state index contributed by atoms with van der Waals surface area (Å²) in [5.74, 6) is -1.25. The van der Waals surface area contributed by atoms with Crippen molar-refractivity contribution in [2.75, 3.05) is 16.8 Å². The first kappa shape index (κ1) is 18.9. The second-order valence-electron chi connectivity index (χ2n) is 6.69. The predicted octanol–water partition coefficient (Wildman–Crippen LogP) is 4.31. The maximum atomic E-state index is 12.8. The van der Waals surface area contributed by atoms with E-state index in [1.54, 1.807) is 4.90 Å². The third-order valence-corrected chi connectivity index (χ3v) is 4.82. The van der Waals surface area contributed by atoms with Crippen LogP contribution in [0.1, 0.15) is 23.1 Å².